The minimum absolute atomic E-state index is 0.118. The van der Waals surface area contributed by atoms with E-state index in [9.17, 15) is 9.18 Å². The van der Waals surface area contributed by atoms with Gasteiger partial charge in [0.15, 0.2) is 5.82 Å². The summed E-state index contributed by atoms with van der Waals surface area (Å²) in [5.41, 5.74) is 1.70. The maximum atomic E-state index is 12.9. The molecule has 2 N–H and O–H groups in total. The molecule has 0 aliphatic carbocycles. The quantitative estimate of drug-likeness (QED) is 0.644. The summed E-state index contributed by atoms with van der Waals surface area (Å²) in [6.07, 6.45) is 0. The normalized spacial score (nSPS) is 10.6. The molecule has 5 nitrogen and oxygen atoms in total. The van der Waals surface area contributed by atoms with Crippen molar-refractivity contribution < 1.29 is 9.18 Å². The summed E-state index contributed by atoms with van der Waals surface area (Å²) in [6.45, 7) is 0.436. The lowest BCUT2D eigenvalue weighted by molar-refractivity contribution is -0.118. The molecule has 1 heterocycles. The molecular formula is C17H14ClFN4OS. The maximum Gasteiger partial charge on any atom is 0.230 e. The van der Waals surface area contributed by atoms with Gasteiger partial charge in [-0.1, -0.05) is 35.5 Å². The molecule has 0 bridgehead atoms. The van der Waals surface area contributed by atoms with Gasteiger partial charge in [-0.05, 0) is 42.0 Å². The van der Waals surface area contributed by atoms with Crippen LogP contribution in [0.25, 0.3) is 11.4 Å². The fourth-order valence-corrected chi connectivity index (χ4v) is 2.79. The third-order valence-corrected chi connectivity index (χ3v) is 4.42. The highest BCUT2D eigenvalue weighted by molar-refractivity contribution is 7.99. The van der Waals surface area contributed by atoms with Gasteiger partial charge in [0.25, 0.3) is 0 Å². The molecule has 3 rings (SSSR count). The van der Waals surface area contributed by atoms with Crippen LogP contribution in [0.4, 0.5) is 4.39 Å². The molecule has 2 aromatic carbocycles. The summed E-state index contributed by atoms with van der Waals surface area (Å²) in [5, 5.41) is 10.8. The number of hydrogen-bond donors (Lipinski definition) is 2. The molecule has 0 aliphatic heterocycles. The first-order chi connectivity index (χ1) is 12.1. The minimum atomic E-state index is -0.310. The van der Waals surface area contributed by atoms with Gasteiger partial charge >= 0.3 is 0 Å². The maximum absolute atomic E-state index is 12.9. The van der Waals surface area contributed by atoms with Crippen molar-refractivity contribution in [1.82, 2.24) is 20.5 Å². The number of amides is 1. The Bertz CT molecular complexity index is 852. The zero-order valence-corrected chi connectivity index (χ0v) is 14.6. The van der Waals surface area contributed by atoms with Crippen LogP contribution >= 0.6 is 23.4 Å². The molecule has 0 fully saturated rings. The van der Waals surface area contributed by atoms with Gasteiger partial charge in [0, 0.05) is 17.1 Å². The van der Waals surface area contributed by atoms with Crippen molar-refractivity contribution >= 4 is 29.3 Å². The number of benzene rings is 2. The number of carbonyl (C=O) groups is 1. The van der Waals surface area contributed by atoms with E-state index in [0.717, 1.165) is 11.1 Å². The van der Waals surface area contributed by atoms with Crippen molar-refractivity contribution in [2.24, 2.45) is 0 Å². The zero-order chi connectivity index (χ0) is 17.6. The molecular weight excluding hydrogens is 363 g/mol. The van der Waals surface area contributed by atoms with Gasteiger partial charge in [0.2, 0.25) is 11.1 Å². The fraction of sp³-hybridized carbons (Fsp3) is 0.118. The zero-order valence-electron chi connectivity index (χ0n) is 13.0. The van der Waals surface area contributed by atoms with E-state index in [4.69, 9.17) is 11.6 Å². The standard InChI is InChI=1S/C17H14ClFN4OS/c18-13-5-1-11(2-6-13)9-20-15(24)10-25-17-21-16(22-23-17)12-3-7-14(19)8-4-12/h1-8H,9-10H2,(H,20,24)(H,21,22,23). The van der Waals surface area contributed by atoms with E-state index in [1.807, 2.05) is 12.1 Å². The van der Waals surface area contributed by atoms with Crippen molar-refractivity contribution in [2.45, 2.75) is 11.7 Å². The van der Waals surface area contributed by atoms with Crippen LogP contribution in [-0.4, -0.2) is 26.8 Å². The Hall–Kier alpha value is -2.38. The molecule has 0 saturated carbocycles. The summed E-state index contributed by atoms with van der Waals surface area (Å²) in [6, 6.07) is 13.2. The van der Waals surface area contributed by atoms with Crippen molar-refractivity contribution in [3.63, 3.8) is 0 Å². The van der Waals surface area contributed by atoms with E-state index < -0.39 is 0 Å². The Morgan fingerprint density at radius 3 is 2.60 bits per heavy atom. The number of aromatic nitrogens is 3. The summed E-state index contributed by atoms with van der Waals surface area (Å²) in [7, 11) is 0. The van der Waals surface area contributed by atoms with Gasteiger partial charge in [-0.2, -0.15) is 0 Å². The second-order valence-electron chi connectivity index (χ2n) is 5.17. The van der Waals surface area contributed by atoms with E-state index in [1.165, 1.54) is 23.9 Å². The van der Waals surface area contributed by atoms with Gasteiger partial charge < -0.3 is 5.32 Å². The van der Waals surface area contributed by atoms with Gasteiger partial charge in [-0.15, -0.1) is 5.10 Å². The van der Waals surface area contributed by atoms with Gasteiger partial charge in [-0.25, -0.2) is 9.37 Å². The third kappa shape index (κ3) is 5.04. The van der Waals surface area contributed by atoms with Crippen molar-refractivity contribution in [1.29, 1.82) is 0 Å². The van der Waals surface area contributed by atoms with Gasteiger partial charge in [0.1, 0.15) is 5.82 Å². The van der Waals surface area contributed by atoms with Crippen LogP contribution in [0, 0.1) is 5.82 Å². The molecule has 25 heavy (non-hydrogen) atoms. The van der Waals surface area contributed by atoms with Crippen molar-refractivity contribution in [2.75, 3.05) is 5.75 Å². The fourth-order valence-electron chi connectivity index (χ4n) is 2.03. The van der Waals surface area contributed by atoms with E-state index in [1.54, 1.807) is 24.3 Å². The SMILES string of the molecule is O=C(CSc1n[nH]c(-c2ccc(F)cc2)n1)NCc1ccc(Cl)cc1. The predicted molar refractivity (Wildman–Crippen MR) is 95.8 cm³/mol. The lowest BCUT2D eigenvalue weighted by atomic mass is 10.2. The first kappa shape index (κ1) is 17.4. The third-order valence-electron chi connectivity index (χ3n) is 3.32. The van der Waals surface area contributed by atoms with Crippen molar-refractivity contribution in [3.05, 3.63) is 64.9 Å². The molecule has 3 aromatic rings. The highest BCUT2D eigenvalue weighted by Crippen LogP contribution is 2.19. The molecule has 0 atom stereocenters. The molecule has 0 spiro atoms. The Morgan fingerprint density at radius 1 is 1.16 bits per heavy atom. The molecule has 128 valence electrons. The second kappa shape index (κ2) is 8.13. The Kier molecular flexibility index (Phi) is 5.67. The molecule has 0 radical (unpaired) electrons. The smallest absolute Gasteiger partial charge is 0.230 e. The molecule has 0 aliphatic rings. The number of carbonyl (C=O) groups excluding carboxylic acids is 1. The number of aromatic amines is 1. The predicted octanol–water partition coefficient (Wildman–Crippen LogP) is 3.67. The monoisotopic (exact) mass is 376 g/mol. The average molecular weight is 377 g/mol. The topological polar surface area (TPSA) is 70.7 Å². The van der Waals surface area contributed by atoms with Crippen LogP contribution in [-0.2, 0) is 11.3 Å². The Balaban J connectivity index is 1.49. The Morgan fingerprint density at radius 2 is 1.88 bits per heavy atom. The van der Waals surface area contributed by atoms with Crippen LogP contribution in [0.2, 0.25) is 5.02 Å². The van der Waals surface area contributed by atoms with Crippen LogP contribution in [0.3, 0.4) is 0 Å². The van der Waals surface area contributed by atoms with Gasteiger partial charge in [-0.3, -0.25) is 9.89 Å². The number of rotatable bonds is 6. The summed E-state index contributed by atoms with van der Waals surface area (Å²) < 4.78 is 12.9. The first-order valence-corrected chi connectivity index (χ1v) is 8.79. The number of hydrogen-bond acceptors (Lipinski definition) is 4. The number of nitrogens with zero attached hydrogens (tertiary/aromatic N) is 2. The summed E-state index contributed by atoms with van der Waals surface area (Å²) in [5.74, 6) is 0.307. The van der Waals surface area contributed by atoms with E-state index in [-0.39, 0.29) is 17.5 Å². The van der Waals surface area contributed by atoms with Gasteiger partial charge in [0.05, 0.1) is 5.75 Å². The lowest BCUT2D eigenvalue weighted by Crippen LogP contribution is -2.24. The van der Waals surface area contributed by atoms with E-state index in [2.05, 4.69) is 20.5 Å². The number of halogens is 2. The van der Waals surface area contributed by atoms with Crippen LogP contribution in [0.1, 0.15) is 5.56 Å². The Labute approximate surface area is 153 Å². The summed E-state index contributed by atoms with van der Waals surface area (Å²) >= 11 is 7.04. The van der Waals surface area contributed by atoms with Crippen LogP contribution < -0.4 is 5.32 Å². The largest absolute Gasteiger partial charge is 0.351 e. The van der Waals surface area contributed by atoms with E-state index in [0.29, 0.717) is 22.5 Å². The molecule has 0 saturated heterocycles. The first-order valence-electron chi connectivity index (χ1n) is 7.42. The lowest BCUT2D eigenvalue weighted by Gasteiger charge is -2.04. The van der Waals surface area contributed by atoms with Crippen molar-refractivity contribution in [3.8, 4) is 11.4 Å². The number of H-pyrrole nitrogens is 1. The second-order valence-corrected chi connectivity index (χ2v) is 6.54. The highest BCUT2D eigenvalue weighted by Gasteiger charge is 2.09. The number of thioether (sulfide) groups is 1. The highest BCUT2D eigenvalue weighted by atomic mass is 35.5. The molecule has 0 unspecified atom stereocenters. The van der Waals surface area contributed by atoms with Crippen LogP contribution in [0.15, 0.2) is 53.7 Å². The molecule has 1 aromatic heterocycles. The molecule has 8 heteroatoms. The average Bonchev–Trinajstić information content (AvgIpc) is 3.09. The molecule has 1 amide bonds. The summed E-state index contributed by atoms with van der Waals surface area (Å²) in [4.78, 5) is 16.2. The number of nitrogens with one attached hydrogen (secondary N) is 2. The minimum Gasteiger partial charge on any atom is -0.351 e. The van der Waals surface area contributed by atoms with Crippen LogP contribution in [0.5, 0.6) is 0 Å². The van der Waals surface area contributed by atoms with E-state index >= 15 is 0 Å².